The third-order valence-corrected chi connectivity index (χ3v) is 4.78. The van der Waals surface area contributed by atoms with E-state index in [-0.39, 0.29) is 5.82 Å². The highest BCUT2D eigenvalue weighted by molar-refractivity contribution is 9.10. The number of rotatable bonds is 4. The molecule has 1 saturated carbocycles. The van der Waals surface area contributed by atoms with E-state index in [2.05, 4.69) is 46.4 Å². The fraction of sp³-hybridized carbons (Fsp3) is 0.333. The maximum atomic E-state index is 13.8. The summed E-state index contributed by atoms with van der Waals surface area (Å²) in [4.78, 5) is 0. The standard InChI is InChI=1S/C18H19BrFN/c1-2-12-9-14(19)7-8-18(12)21-15-10-13(11-15)16-5-3-4-6-17(16)20/h3-9,13,15,21H,2,10-11H2,1H3. The fourth-order valence-electron chi connectivity index (χ4n) is 3.01. The average molecular weight is 348 g/mol. The van der Waals surface area contributed by atoms with Crippen molar-refractivity contribution in [1.82, 2.24) is 0 Å². The lowest BCUT2D eigenvalue weighted by molar-refractivity contribution is 0.363. The lowest BCUT2D eigenvalue weighted by Gasteiger charge is -2.37. The van der Waals surface area contributed by atoms with Gasteiger partial charge in [-0.05, 0) is 60.6 Å². The van der Waals surface area contributed by atoms with Crippen molar-refractivity contribution in [3.8, 4) is 0 Å². The van der Waals surface area contributed by atoms with Crippen LogP contribution >= 0.6 is 15.9 Å². The third kappa shape index (κ3) is 3.13. The lowest BCUT2D eigenvalue weighted by atomic mass is 9.75. The summed E-state index contributed by atoms with van der Waals surface area (Å²) >= 11 is 3.51. The number of nitrogens with one attached hydrogen (secondary N) is 1. The van der Waals surface area contributed by atoms with E-state index in [4.69, 9.17) is 0 Å². The van der Waals surface area contributed by atoms with Crippen molar-refractivity contribution in [2.45, 2.75) is 38.1 Å². The van der Waals surface area contributed by atoms with E-state index in [1.54, 1.807) is 12.1 Å². The van der Waals surface area contributed by atoms with Gasteiger partial charge in [0, 0.05) is 16.2 Å². The number of hydrogen-bond acceptors (Lipinski definition) is 1. The minimum absolute atomic E-state index is 0.0705. The molecule has 0 bridgehead atoms. The summed E-state index contributed by atoms with van der Waals surface area (Å²) in [6, 6.07) is 13.9. The quantitative estimate of drug-likeness (QED) is 0.768. The highest BCUT2D eigenvalue weighted by Gasteiger charge is 2.32. The fourth-order valence-corrected chi connectivity index (χ4v) is 3.42. The molecule has 0 spiro atoms. The Labute approximate surface area is 133 Å². The van der Waals surface area contributed by atoms with Gasteiger partial charge < -0.3 is 5.32 Å². The Bertz CT molecular complexity index is 635. The molecular formula is C18H19BrFN. The Hall–Kier alpha value is -1.35. The normalized spacial score (nSPS) is 20.9. The van der Waals surface area contributed by atoms with E-state index >= 15 is 0 Å². The molecule has 0 aliphatic heterocycles. The van der Waals surface area contributed by atoms with Crippen LogP contribution < -0.4 is 5.32 Å². The second-order valence-electron chi connectivity index (χ2n) is 5.69. The first-order valence-electron chi connectivity index (χ1n) is 7.46. The summed E-state index contributed by atoms with van der Waals surface area (Å²) in [5, 5.41) is 3.60. The predicted molar refractivity (Wildman–Crippen MR) is 89.3 cm³/mol. The largest absolute Gasteiger partial charge is 0.382 e. The van der Waals surface area contributed by atoms with Gasteiger partial charge in [-0.25, -0.2) is 4.39 Å². The highest BCUT2D eigenvalue weighted by Crippen LogP contribution is 2.40. The zero-order valence-electron chi connectivity index (χ0n) is 12.1. The first-order valence-corrected chi connectivity index (χ1v) is 8.26. The maximum Gasteiger partial charge on any atom is 0.126 e. The first-order chi connectivity index (χ1) is 10.2. The molecule has 0 radical (unpaired) electrons. The minimum Gasteiger partial charge on any atom is -0.382 e. The molecule has 1 aliphatic carbocycles. The first kappa shape index (κ1) is 14.6. The van der Waals surface area contributed by atoms with Gasteiger partial charge in [0.2, 0.25) is 0 Å². The zero-order chi connectivity index (χ0) is 14.8. The summed E-state index contributed by atoms with van der Waals surface area (Å²) in [5.74, 6) is 0.281. The van der Waals surface area contributed by atoms with Crippen LogP contribution in [-0.4, -0.2) is 6.04 Å². The van der Waals surface area contributed by atoms with Gasteiger partial charge in [-0.15, -0.1) is 0 Å². The van der Waals surface area contributed by atoms with Gasteiger partial charge >= 0.3 is 0 Å². The maximum absolute atomic E-state index is 13.8. The summed E-state index contributed by atoms with van der Waals surface area (Å²) in [7, 11) is 0. The molecule has 1 fully saturated rings. The summed E-state index contributed by atoms with van der Waals surface area (Å²) in [6.07, 6.45) is 3.01. The zero-order valence-corrected chi connectivity index (χ0v) is 13.7. The van der Waals surface area contributed by atoms with Crippen molar-refractivity contribution >= 4 is 21.6 Å². The predicted octanol–water partition coefficient (Wildman–Crippen LogP) is 5.51. The van der Waals surface area contributed by atoms with Crippen molar-refractivity contribution in [2.24, 2.45) is 0 Å². The molecule has 1 aliphatic rings. The van der Waals surface area contributed by atoms with Crippen molar-refractivity contribution in [2.75, 3.05) is 5.32 Å². The molecule has 2 aromatic rings. The average Bonchev–Trinajstić information content (AvgIpc) is 2.44. The molecule has 2 aromatic carbocycles. The van der Waals surface area contributed by atoms with Gasteiger partial charge in [0.15, 0.2) is 0 Å². The summed E-state index contributed by atoms with van der Waals surface area (Å²) in [6.45, 7) is 2.16. The van der Waals surface area contributed by atoms with E-state index < -0.39 is 0 Å². The van der Waals surface area contributed by atoms with Crippen molar-refractivity contribution < 1.29 is 4.39 Å². The molecule has 21 heavy (non-hydrogen) atoms. The van der Waals surface area contributed by atoms with Crippen LogP contribution in [0.15, 0.2) is 46.9 Å². The van der Waals surface area contributed by atoms with Crippen LogP contribution in [0.5, 0.6) is 0 Å². The van der Waals surface area contributed by atoms with Crippen LogP contribution in [0.4, 0.5) is 10.1 Å². The lowest BCUT2D eigenvalue weighted by Crippen LogP contribution is -2.34. The Morgan fingerprint density at radius 3 is 2.67 bits per heavy atom. The Morgan fingerprint density at radius 2 is 1.95 bits per heavy atom. The number of halogens is 2. The molecular weight excluding hydrogens is 329 g/mol. The van der Waals surface area contributed by atoms with Crippen LogP contribution in [0.2, 0.25) is 0 Å². The Kier molecular flexibility index (Phi) is 4.29. The van der Waals surface area contributed by atoms with E-state index in [9.17, 15) is 4.39 Å². The van der Waals surface area contributed by atoms with Gasteiger partial charge in [-0.1, -0.05) is 41.1 Å². The molecule has 0 saturated heterocycles. The van der Waals surface area contributed by atoms with Crippen molar-refractivity contribution in [1.29, 1.82) is 0 Å². The van der Waals surface area contributed by atoms with E-state index in [0.29, 0.717) is 12.0 Å². The number of aryl methyl sites for hydroxylation is 1. The van der Waals surface area contributed by atoms with E-state index in [0.717, 1.165) is 29.3 Å². The molecule has 110 valence electrons. The minimum atomic E-state index is -0.0705. The molecule has 0 aromatic heterocycles. The van der Waals surface area contributed by atoms with Crippen LogP contribution in [0.3, 0.4) is 0 Å². The number of hydrogen-bond donors (Lipinski definition) is 1. The molecule has 0 amide bonds. The van der Waals surface area contributed by atoms with Crippen molar-refractivity contribution in [3.63, 3.8) is 0 Å². The smallest absolute Gasteiger partial charge is 0.126 e. The van der Waals surface area contributed by atoms with Gasteiger partial charge in [-0.3, -0.25) is 0 Å². The highest BCUT2D eigenvalue weighted by atomic mass is 79.9. The molecule has 1 N–H and O–H groups in total. The van der Waals surface area contributed by atoms with Gasteiger partial charge in [0.25, 0.3) is 0 Å². The molecule has 0 unspecified atom stereocenters. The van der Waals surface area contributed by atoms with Crippen LogP contribution in [0.1, 0.15) is 36.8 Å². The monoisotopic (exact) mass is 347 g/mol. The van der Waals surface area contributed by atoms with Crippen molar-refractivity contribution in [3.05, 3.63) is 63.9 Å². The van der Waals surface area contributed by atoms with E-state index in [1.807, 2.05) is 12.1 Å². The number of anilines is 1. The molecule has 0 atom stereocenters. The summed E-state index contributed by atoms with van der Waals surface area (Å²) in [5.41, 5.74) is 3.39. The van der Waals surface area contributed by atoms with Crippen LogP contribution in [0, 0.1) is 5.82 Å². The van der Waals surface area contributed by atoms with E-state index in [1.165, 1.54) is 11.3 Å². The molecule has 1 nitrogen and oxygen atoms in total. The van der Waals surface area contributed by atoms with Crippen LogP contribution in [-0.2, 0) is 6.42 Å². The molecule has 3 rings (SSSR count). The Balaban J connectivity index is 1.64. The second kappa shape index (κ2) is 6.18. The molecule has 0 heterocycles. The van der Waals surface area contributed by atoms with Crippen LogP contribution in [0.25, 0.3) is 0 Å². The SMILES string of the molecule is CCc1cc(Br)ccc1NC1CC(c2ccccc2F)C1. The second-order valence-corrected chi connectivity index (χ2v) is 6.60. The summed E-state index contributed by atoms with van der Waals surface area (Å²) < 4.78 is 14.9. The molecule has 3 heteroatoms. The van der Waals surface area contributed by atoms with Gasteiger partial charge in [-0.2, -0.15) is 0 Å². The Morgan fingerprint density at radius 1 is 1.19 bits per heavy atom. The topological polar surface area (TPSA) is 12.0 Å². The van der Waals surface area contributed by atoms with Gasteiger partial charge in [0.05, 0.1) is 0 Å². The number of benzene rings is 2. The third-order valence-electron chi connectivity index (χ3n) is 4.29. The van der Waals surface area contributed by atoms with Gasteiger partial charge in [0.1, 0.15) is 5.82 Å².